The SMILES string of the molecule is [C-]#[N+][C@@]1(C)C[C@]23C(=O)N(C)[C@](C)(C(=O)N2C1c1ccc(C)cc1)S3=S. The second kappa shape index (κ2) is 4.68. The van der Waals surface area contributed by atoms with Gasteiger partial charge in [-0.15, -0.1) is 0 Å². The van der Waals surface area contributed by atoms with E-state index in [1.54, 1.807) is 18.9 Å². The van der Waals surface area contributed by atoms with Crippen LogP contribution in [0.1, 0.15) is 37.4 Å². The Bertz CT molecular complexity index is 893. The van der Waals surface area contributed by atoms with Crippen LogP contribution >= 0.6 is 0 Å². The molecule has 0 aromatic heterocycles. The van der Waals surface area contributed by atoms with Crippen LogP contribution in [0.2, 0.25) is 0 Å². The normalized spacial score (nSPS) is 42.0. The van der Waals surface area contributed by atoms with Crippen LogP contribution < -0.4 is 0 Å². The van der Waals surface area contributed by atoms with Crippen molar-refractivity contribution in [2.24, 2.45) is 0 Å². The number of benzene rings is 1. The second-order valence-electron chi connectivity index (χ2n) is 7.53. The third-order valence-corrected chi connectivity index (χ3v) is 10.1. The molecule has 0 N–H and O–H groups in total. The lowest BCUT2D eigenvalue weighted by Gasteiger charge is -2.38. The molecule has 1 aromatic rings. The molecular formula is C18H19N3O2S2. The van der Waals surface area contributed by atoms with Crippen molar-refractivity contribution >= 4 is 32.5 Å². The lowest BCUT2D eigenvalue weighted by molar-refractivity contribution is -0.159. The van der Waals surface area contributed by atoms with Crippen LogP contribution in [-0.4, -0.2) is 43.9 Å². The first kappa shape index (κ1) is 16.7. The number of likely N-dealkylation sites (N-methyl/N-ethyl adjacent to an activating group) is 1. The average molecular weight is 374 g/mol. The van der Waals surface area contributed by atoms with Crippen molar-refractivity contribution in [2.75, 3.05) is 7.05 Å². The lowest BCUT2D eigenvalue weighted by atomic mass is 9.87. The van der Waals surface area contributed by atoms with Crippen LogP contribution in [0.4, 0.5) is 0 Å². The molecule has 2 unspecified atom stereocenters. The van der Waals surface area contributed by atoms with E-state index in [2.05, 4.69) is 4.85 Å². The van der Waals surface area contributed by atoms with E-state index in [0.29, 0.717) is 6.42 Å². The number of hydrogen-bond acceptors (Lipinski definition) is 3. The van der Waals surface area contributed by atoms with Gasteiger partial charge in [0.05, 0.1) is 6.42 Å². The maximum Gasteiger partial charge on any atom is 0.261 e. The van der Waals surface area contributed by atoms with Gasteiger partial charge < -0.3 is 14.6 Å². The van der Waals surface area contributed by atoms with Gasteiger partial charge in [-0.2, -0.15) is 0 Å². The molecule has 25 heavy (non-hydrogen) atoms. The number of aryl methyl sites for hydroxylation is 1. The van der Waals surface area contributed by atoms with Gasteiger partial charge in [-0.1, -0.05) is 29.8 Å². The largest absolute Gasteiger partial charge is 0.320 e. The Kier molecular flexibility index (Phi) is 3.12. The third kappa shape index (κ3) is 1.61. The van der Waals surface area contributed by atoms with Gasteiger partial charge in [0, 0.05) is 14.0 Å². The summed E-state index contributed by atoms with van der Waals surface area (Å²) >= 11 is 5.76. The van der Waals surface area contributed by atoms with E-state index in [9.17, 15) is 9.59 Å². The average Bonchev–Trinajstić information content (AvgIpc) is 3.02. The summed E-state index contributed by atoms with van der Waals surface area (Å²) in [7, 11) is 0.772. The Balaban J connectivity index is 1.97. The molecule has 0 aliphatic carbocycles. The Morgan fingerprint density at radius 3 is 2.40 bits per heavy atom. The van der Waals surface area contributed by atoms with Crippen molar-refractivity contribution < 1.29 is 9.59 Å². The van der Waals surface area contributed by atoms with Crippen molar-refractivity contribution in [3.8, 4) is 0 Å². The zero-order chi connectivity index (χ0) is 18.4. The minimum Gasteiger partial charge on any atom is -0.320 e. The quantitative estimate of drug-likeness (QED) is 0.707. The number of piperazine rings is 1. The summed E-state index contributed by atoms with van der Waals surface area (Å²) in [5, 5.41) is 0. The number of amides is 2. The van der Waals surface area contributed by atoms with Crippen molar-refractivity contribution in [3.05, 3.63) is 46.8 Å². The fraction of sp³-hybridized carbons (Fsp3) is 0.500. The summed E-state index contributed by atoms with van der Waals surface area (Å²) < 4.78 is 0. The molecule has 0 saturated carbocycles. The summed E-state index contributed by atoms with van der Waals surface area (Å²) in [6.45, 7) is 13.4. The Morgan fingerprint density at radius 2 is 1.84 bits per heavy atom. The highest BCUT2D eigenvalue weighted by Gasteiger charge is 2.82. The summed E-state index contributed by atoms with van der Waals surface area (Å²) in [4.78, 5) is 31.5. The molecule has 5 atom stereocenters. The van der Waals surface area contributed by atoms with Gasteiger partial charge in [0.15, 0.2) is 9.74 Å². The molecule has 2 amide bonds. The predicted molar refractivity (Wildman–Crippen MR) is 99.0 cm³/mol. The zero-order valence-corrected chi connectivity index (χ0v) is 16.2. The van der Waals surface area contributed by atoms with Gasteiger partial charge in [0.1, 0.15) is 6.04 Å². The van der Waals surface area contributed by atoms with Crippen molar-refractivity contribution in [2.45, 2.75) is 48.5 Å². The van der Waals surface area contributed by atoms with E-state index < -0.39 is 30.8 Å². The Hall–Kier alpha value is -1.78. The van der Waals surface area contributed by atoms with Gasteiger partial charge in [0.2, 0.25) is 0 Å². The molecule has 3 aliphatic heterocycles. The Morgan fingerprint density at radius 1 is 1.24 bits per heavy atom. The summed E-state index contributed by atoms with van der Waals surface area (Å²) in [6.07, 6.45) is 0.305. The van der Waals surface area contributed by atoms with Crippen LogP contribution in [0.3, 0.4) is 0 Å². The zero-order valence-electron chi connectivity index (χ0n) is 14.6. The van der Waals surface area contributed by atoms with E-state index in [-0.39, 0.29) is 11.8 Å². The summed E-state index contributed by atoms with van der Waals surface area (Å²) in [5.41, 5.74) is 1.14. The smallest absolute Gasteiger partial charge is 0.261 e. The fourth-order valence-electron chi connectivity index (χ4n) is 4.56. The van der Waals surface area contributed by atoms with Gasteiger partial charge in [-0.25, -0.2) is 6.57 Å². The highest BCUT2D eigenvalue weighted by atomic mass is 32.8. The van der Waals surface area contributed by atoms with Gasteiger partial charge in [0.25, 0.3) is 17.4 Å². The second-order valence-corrected chi connectivity index (χ2v) is 10.5. The van der Waals surface area contributed by atoms with Crippen LogP contribution in [0, 0.1) is 13.5 Å². The Labute approximate surface area is 154 Å². The molecule has 4 rings (SSSR count). The first-order valence-electron chi connectivity index (χ1n) is 8.14. The summed E-state index contributed by atoms with van der Waals surface area (Å²) in [5.74, 6) is -0.233. The molecule has 1 aromatic carbocycles. The predicted octanol–water partition coefficient (Wildman–Crippen LogP) is 1.92. The van der Waals surface area contributed by atoms with Gasteiger partial charge >= 0.3 is 0 Å². The molecule has 3 heterocycles. The number of carbonyl (C=O) groups excluding carboxylic acids is 2. The number of nitrogens with zero attached hydrogens (tertiary/aromatic N) is 3. The molecule has 7 heteroatoms. The molecule has 3 aliphatic rings. The molecule has 0 radical (unpaired) electrons. The number of rotatable bonds is 1. The fourth-order valence-corrected chi connectivity index (χ4v) is 8.07. The van der Waals surface area contributed by atoms with Crippen LogP contribution in [0.5, 0.6) is 0 Å². The molecule has 3 fully saturated rings. The van der Waals surface area contributed by atoms with Crippen molar-refractivity contribution in [3.63, 3.8) is 0 Å². The van der Waals surface area contributed by atoms with Crippen LogP contribution in [-0.2, 0) is 30.2 Å². The molecule has 1 spiro atoms. The van der Waals surface area contributed by atoms with Crippen molar-refractivity contribution in [1.29, 1.82) is 0 Å². The lowest BCUT2D eigenvalue weighted by Crippen LogP contribution is -2.60. The first-order chi connectivity index (χ1) is 11.6. The van der Waals surface area contributed by atoms with Crippen LogP contribution in [0.15, 0.2) is 24.3 Å². The molecule has 5 nitrogen and oxygen atoms in total. The van der Waals surface area contributed by atoms with E-state index in [4.69, 9.17) is 17.8 Å². The minimum atomic E-state index is -1.05. The topological polar surface area (TPSA) is 45.0 Å². The van der Waals surface area contributed by atoms with E-state index >= 15 is 0 Å². The highest BCUT2D eigenvalue weighted by molar-refractivity contribution is 8.31. The standard InChI is InChI=1S/C18H19N3O2S2/c1-11-6-8-12(9-7-11)13-16(2,19-4)10-18-15(23)20(5)17(3,25(18)24)14(22)21(13)18/h6-9,13H,10H2,1-3,5H3/t13?,16-,17-,18-,25?/m0/s1. The summed E-state index contributed by atoms with van der Waals surface area (Å²) in [6, 6.07) is 7.43. The number of fused-ring (bicyclic) bond motifs is 1. The highest BCUT2D eigenvalue weighted by Crippen LogP contribution is 2.63. The van der Waals surface area contributed by atoms with Crippen molar-refractivity contribution in [1.82, 2.24) is 9.80 Å². The first-order valence-corrected chi connectivity index (χ1v) is 10.3. The number of carbonyl (C=O) groups is 2. The molecule has 2 bridgehead atoms. The van der Waals surface area contributed by atoms with Gasteiger partial charge in [-0.3, -0.25) is 9.59 Å². The maximum atomic E-state index is 13.4. The van der Waals surface area contributed by atoms with Gasteiger partial charge in [-0.05, 0) is 40.1 Å². The molecular weight excluding hydrogens is 354 g/mol. The monoisotopic (exact) mass is 373 g/mol. The maximum absolute atomic E-state index is 13.4. The van der Waals surface area contributed by atoms with E-state index in [1.807, 2.05) is 38.1 Å². The van der Waals surface area contributed by atoms with Crippen LogP contribution in [0.25, 0.3) is 4.85 Å². The third-order valence-electron chi connectivity index (χ3n) is 6.04. The number of hydrogen-bond donors (Lipinski definition) is 0. The minimum absolute atomic E-state index is 0.113. The van der Waals surface area contributed by atoms with E-state index in [0.717, 1.165) is 11.1 Å². The molecule has 3 saturated heterocycles. The molecule has 130 valence electrons. The van der Waals surface area contributed by atoms with E-state index in [1.165, 1.54) is 4.90 Å².